The lowest BCUT2D eigenvalue weighted by atomic mass is 9.91. The van der Waals surface area contributed by atoms with Gasteiger partial charge in [0, 0.05) is 11.6 Å². The highest BCUT2D eigenvalue weighted by atomic mass is 79.9. The Kier molecular flexibility index (Phi) is 7.13. The summed E-state index contributed by atoms with van der Waals surface area (Å²) in [5.41, 5.74) is 3.36. The van der Waals surface area contributed by atoms with E-state index in [4.69, 9.17) is 14.1 Å². The minimum absolute atomic E-state index is 0.210. The first-order valence-electron chi connectivity index (χ1n) is 12.0. The first-order valence-corrected chi connectivity index (χ1v) is 13.6. The Morgan fingerprint density at radius 1 is 1.14 bits per heavy atom. The molecule has 0 amide bonds. The molecule has 6 nitrogen and oxygen atoms in total. The number of furan rings is 1. The summed E-state index contributed by atoms with van der Waals surface area (Å²) in [6.45, 7) is 6.23. The van der Waals surface area contributed by atoms with Crippen molar-refractivity contribution >= 4 is 45.0 Å². The van der Waals surface area contributed by atoms with Crippen molar-refractivity contribution in [2.75, 3.05) is 6.61 Å². The second-order valence-corrected chi connectivity index (χ2v) is 10.7. The fourth-order valence-corrected chi connectivity index (χ4v) is 5.65. The van der Waals surface area contributed by atoms with Crippen LogP contribution in [-0.2, 0) is 9.53 Å². The number of halogens is 1. The Morgan fingerprint density at radius 2 is 1.86 bits per heavy atom. The van der Waals surface area contributed by atoms with Gasteiger partial charge < -0.3 is 9.15 Å². The molecule has 1 aliphatic rings. The van der Waals surface area contributed by atoms with Crippen LogP contribution in [-0.4, -0.2) is 17.1 Å². The van der Waals surface area contributed by atoms with Crippen molar-refractivity contribution in [2.24, 2.45) is 4.99 Å². The standard InChI is InChI=1S/C29H25BrN2O4S/c1-4-35-28(34)24-25(19-8-6-5-7-9-19)31-29-32(26(24)20-12-10-18(11-13-20)17(2)3)27(33)22(37-29)16-21-14-15-23(30)36-21/h5-17,26H,4H2,1-3H3/b22-16-. The highest BCUT2D eigenvalue weighted by Crippen LogP contribution is 2.35. The van der Waals surface area contributed by atoms with E-state index < -0.39 is 12.0 Å². The summed E-state index contributed by atoms with van der Waals surface area (Å²) in [7, 11) is 0. The molecule has 3 heterocycles. The first-order chi connectivity index (χ1) is 17.9. The van der Waals surface area contributed by atoms with Crippen molar-refractivity contribution in [1.29, 1.82) is 0 Å². The van der Waals surface area contributed by atoms with Crippen molar-refractivity contribution in [3.05, 3.63) is 119 Å². The molecule has 0 bridgehead atoms. The third-order valence-electron chi connectivity index (χ3n) is 6.16. The summed E-state index contributed by atoms with van der Waals surface area (Å²) in [4.78, 5) is 32.6. The van der Waals surface area contributed by atoms with Crippen LogP contribution in [0, 0.1) is 0 Å². The van der Waals surface area contributed by atoms with Gasteiger partial charge >= 0.3 is 5.97 Å². The number of rotatable bonds is 6. The molecule has 0 radical (unpaired) electrons. The largest absolute Gasteiger partial charge is 0.463 e. The van der Waals surface area contributed by atoms with E-state index >= 15 is 0 Å². The van der Waals surface area contributed by atoms with Gasteiger partial charge in [0.1, 0.15) is 5.76 Å². The SMILES string of the molecule is CCOC(=O)C1=C(c2ccccc2)N=c2s/c(=C\c3ccc(Br)o3)c(=O)n2C1c1ccc(C(C)C)cc1. The Bertz CT molecular complexity index is 1660. The van der Waals surface area contributed by atoms with Gasteiger partial charge in [-0.15, -0.1) is 0 Å². The molecule has 4 aromatic rings. The number of carbonyl (C=O) groups is 1. The molecule has 1 unspecified atom stereocenters. The molecule has 0 fully saturated rings. The van der Waals surface area contributed by atoms with Crippen LogP contribution in [0.1, 0.15) is 55.2 Å². The molecule has 1 atom stereocenters. The molecule has 0 aliphatic carbocycles. The van der Waals surface area contributed by atoms with Crippen LogP contribution in [0.5, 0.6) is 0 Å². The van der Waals surface area contributed by atoms with E-state index in [1.807, 2.05) is 54.6 Å². The van der Waals surface area contributed by atoms with Crippen LogP contribution >= 0.6 is 27.3 Å². The van der Waals surface area contributed by atoms with Gasteiger partial charge in [0.25, 0.3) is 5.56 Å². The number of esters is 1. The molecule has 1 aliphatic heterocycles. The molecular weight excluding hydrogens is 552 g/mol. The molecule has 0 spiro atoms. The molecule has 8 heteroatoms. The Hall–Kier alpha value is -3.49. The smallest absolute Gasteiger partial charge is 0.338 e. The molecule has 5 rings (SSSR count). The average molecular weight is 578 g/mol. The van der Waals surface area contributed by atoms with Crippen molar-refractivity contribution in [3.8, 4) is 0 Å². The van der Waals surface area contributed by atoms with Gasteiger partial charge in [-0.2, -0.15) is 0 Å². The van der Waals surface area contributed by atoms with E-state index in [-0.39, 0.29) is 12.2 Å². The number of fused-ring (bicyclic) bond motifs is 1. The number of hydrogen-bond donors (Lipinski definition) is 0. The van der Waals surface area contributed by atoms with Gasteiger partial charge in [0.05, 0.1) is 28.5 Å². The number of carbonyl (C=O) groups excluding carboxylic acids is 1. The van der Waals surface area contributed by atoms with Gasteiger partial charge in [-0.25, -0.2) is 9.79 Å². The van der Waals surface area contributed by atoms with Gasteiger partial charge in [-0.1, -0.05) is 79.8 Å². The van der Waals surface area contributed by atoms with E-state index in [1.54, 1.807) is 29.7 Å². The van der Waals surface area contributed by atoms with Crippen LogP contribution in [0.25, 0.3) is 11.8 Å². The van der Waals surface area contributed by atoms with Crippen molar-refractivity contribution < 1.29 is 13.9 Å². The van der Waals surface area contributed by atoms with Gasteiger partial charge in [0.15, 0.2) is 9.47 Å². The number of ether oxygens (including phenoxy) is 1. The van der Waals surface area contributed by atoms with E-state index in [9.17, 15) is 9.59 Å². The van der Waals surface area contributed by atoms with Crippen LogP contribution in [0.3, 0.4) is 0 Å². The quantitative estimate of drug-likeness (QED) is 0.287. The van der Waals surface area contributed by atoms with E-state index in [0.717, 1.165) is 11.1 Å². The number of nitrogens with zero attached hydrogens (tertiary/aromatic N) is 2. The van der Waals surface area contributed by atoms with Crippen molar-refractivity contribution in [1.82, 2.24) is 4.57 Å². The first kappa shape index (κ1) is 25.2. The molecule has 2 aromatic carbocycles. The minimum atomic E-state index is -0.697. The normalized spacial score (nSPS) is 15.6. The zero-order chi connectivity index (χ0) is 26.1. The molecule has 0 saturated carbocycles. The predicted molar refractivity (Wildman–Crippen MR) is 148 cm³/mol. The minimum Gasteiger partial charge on any atom is -0.463 e. The maximum atomic E-state index is 13.8. The monoisotopic (exact) mass is 576 g/mol. The van der Waals surface area contributed by atoms with Gasteiger partial charge in [-0.05, 0) is 52.0 Å². The van der Waals surface area contributed by atoms with Crippen molar-refractivity contribution in [3.63, 3.8) is 0 Å². The number of aromatic nitrogens is 1. The van der Waals surface area contributed by atoms with Crippen LogP contribution < -0.4 is 14.9 Å². The highest BCUT2D eigenvalue weighted by Gasteiger charge is 2.35. The van der Waals surface area contributed by atoms with Gasteiger partial charge in [-0.3, -0.25) is 9.36 Å². The maximum Gasteiger partial charge on any atom is 0.338 e. The summed E-state index contributed by atoms with van der Waals surface area (Å²) in [5.74, 6) is 0.402. The Morgan fingerprint density at radius 3 is 2.49 bits per heavy atom. The molecular formula is C29H25BrN2O4S. The van der Waals surface area contributed by atoms with E-state index in [2.05, 4.69) is 29.8 Å². The number of benzene rings is 2. The summed E-state index contributed by atoms with van der Waals surface area (Å²) in [6.07, 6.45) is 1.70. The summed E-state index contributed by atoms with van der Waals surface area (Å²) < 4.78 is 13.7. The molecule has 37 heavy (non-hydrogen) atoms. The summed E-state index contributed by atoms with van der Waals surface area (Å²) >= 11 is 4.57. The van der Waals surface area contributed by atoms with E-state index in [1.165, 1.54) is 16.9 Å². The third-order valence-corrected chi connectivity index (χ3v) is 7.57. The topological polar surface area (TPSA) is 73.8 Å². The summed E-state index contributed by atoms with van der Waals surface area (Å²) in [5, 5.41) is 0. The number of hydrogen-bond acceptors (Lipinski definition) is 6. The molecule has 0 N–H and O–H groups in total. The fourth-order valence-electron chi connectivity index (χ4n) is 4.35. The maximum absolute atomic E-state index is 13.8. The Balaban J connectivity index is 1.81. The average Bonchev–Trinajstić information content (AvgIpc) is 3.45. The van der Waals surface area contributed by atoms with Crippen LogP contribution in [0.4, 0.5) is 0 Å². The highest BCUT2D eigenvalue weighted by molar-refractivity contribution is 9.10. The zero-order valence-electron chi connectivity index (χ0n) is 20.6. The van der Waals surface area contributed by atoms with Crippen molar-refractivity contribution in [2.45, 2.75) is 32.7 Å². The molecule has 188 valence electrons. The molecule has 2 aromatic heterocycles. The van der Waals surface area contributed by atoms with Crippen LogP contribution in [0.15, 0.2) is 91.2 Å². The second-order valence-electron chi connectivity index (χ2n) is 8.89. The van der Waals surface area contributed by atoms with E-state index in [0.29, 0.717) is 37.0 Å². The third kappa shape index (κ3) is 4.91. The fraction of sp³-hybridized carbons (Fsp3) is 0.207. The second kappa shape index (κ2) is 10.5. The molecule has 0 saturated heterocycles. The van der Waals surface area contributed by atoms with Crippen LogP contribution in [0.2, 0.25) is 0 Å². The lowest BCUT2D eigenvalue weighted by Gasteiger charge is -2.26. The Labute approximate surface area is 226 Å². The van der Waals surface area contributed by atoms with Gasteiger partial charge in [0.2, 0.25) is 0 Å². The summed E-state index contributed by atoms with van der Waals surface area (Å²) in [6, 6.07) is 20.4. The number of thiazole rings is 1. The predicted octanol–water partition coefficient (Wildman–Crippen LogP) is 5.41. The lowest BCUT2D eigenvalue weighted by Crippen LogP contribution is -2.40. The zero-order valence-corrected chi connectivity index (χ0v) is 23.0. The lowest BCUT2D eigenvalue weighted by molar-refractivity contribution is -0.138.